The third-order valence-corrected chi connectivity index (χ3v) is 4.36. The van der Waals surface area contributed by atoms with Crippen LogP contribution in [0.5, 0.6) is 5.75 Å². The molecule has 1 heterocycles. The summed E-state index contributed by atoms with van der Waals surface area (Å²) in [5.74, 6) is 1.64. The number of ether oxygens (including phenoxy) is 2. The monoisotopic (exact) mass is 275 g/mol. The molecule has 1 aliphatic carbocycles. The van der Waals surface area contributed by atoms with Crippen molar-refractivity contribution in [1.82, 2.24) is 5.32 Å². The van der Waals surface area contributed by atoms with Crippen molar-refractivity contribution in [1.29, 1.82) is 0 Å². The van der Waals surface area contributed by atoms with E-state index in [9.17, 15) is 0 Å². The summed E-state index contributed by atoms with van der Waals surface area (Å²) in [7, 11) is 0. The molecule has 3 atom stereocenters. The number of nitrogens with one attached hydrogen (secondary N) is 1. The molecule has 3 heteroatoms. The van der Waals surface area contributed by atoms with Crippen LogP contribution in [0.1, 0.15) is 44.8 Å². The van der Waals surface area contributed by atoms with Crippen LogP contribution in [-0.4, -0.2) is 25.3 Å². The fourth-order valence-electron chi connectivity index (χ4n) is 3.31. The van der Waals surface area contributed by atoms with Crippen molar-refractivity contribution in [3.05, 3.63) is 29.8 Å². The smallest absolute Gasteiger partial charge is 0.119 e. The van der Waals surface area contributed by atoms with Gasteiger partial charge in [0.15, 0.2) is 0 Å². The largest absolute Gasteiger partial charge is 0.491 e. The van der Waals surface area contributed by atoms with E-state index in [-0.39, 0.29) is 12.2 Å². The van der Waals surface area contributed by atoms with Gasteiger partial charge in [-0.25, -0.2) is 0 Å². The fourth-order valence-corrected chi connectivity index (χ4v) is 3.31. The summed E-state index contributed by atoms with van der Waals surface area (Å²) in [6.45, 7) is 5.91. The standard InChI is InChI=1S/C17H25NO2/c1-12(2)20-15-8-6-13(7-9-15)17-10-18-16-5-3-4-14(16)11-19-17/h6-9,12,14,16-18H,3-5,10-11H2,1-2H3. The van der Waals surface area contributed by atoms with Gasteiger partial charge in [0, 0.05) is 12.6 Å². The highest BCUT2D eigenvalue weighted by atomic mass is 16.5. The Labute approximate surface area is 121 Å². The van der Waals surface area contributed by atoms with Crippen molar-refractivity contribution in [2.75, 3.05) is 13.2 Å². The molecule has 1 aromatic rings. The van der Waals surface area contributed by atoms with Crippen molar-refractivity contribution < 1.29 is 9.47 Å². The Morgan fingerprint density at radius 3 is 2.75 bits per heavy atom. The Balaban J connectivity index is 1.64. The highest BCUT2D eigenvalue weighted by Crippen LogP contribution is 2.31. The van der Waals surface area contributed by atoms with Gasteiger partial charge in [0.25, 0.3) is 0 Å². The zero-order valence-electron chi connectivity index (χ0n) is 12.5. The van der Waals surface area contributed by atoms with Gasteiger partial charge in [-0.1, -0.05) is 18.6 Å². The molecule has 2 fully saturated rings. The Hall–Kier alpha value is -1.06. The minimum absolute atomic E-state index is 0.175. The summed E-state index contributed by atoms with van der Waals surface area (Å²) >= 11 is 0. The molecule has 1 saturated carbocycles. The molecule has 1 saturated heterocycles. The number of rotatable bonds is 3. The zero-order valence-corrected chi connectivity index (χ0v) is 12.5. The summed E-state index contributed by atoms with van der Waals surface area (Å²) in [6, 6.07) is 9.02. The second kappa shape index (κ2) is 6.15. The Bertz CT molecular complexity index is 415. The van der Waals surface area contributed by atoms with Crippen molar-refractivity contribution in [3.63, 3.8) is 0 Å². The molecule has 1 aliphatic heterocycles. The molecule has 20 heavy (non-hydrogen) atoms. The quantitative estimate of drug-likeness (QED) is 0.918. The van der Waals surface area contributed by atoms with E-state index >= 15 is 0 Å². The normalized spacial score (nSPS) is 30.1. The van der Waals surface area contributed by atoms with Crippen molar-refractivity contribution >= 4 is 0 Å². The third-order valence-electron chi connectivity index (χ3n) is 4.36. The zero-order chi connectivity index (χ0) is 13.9. The van der Waals surface area contributed by atoms with Crippen molar-refractivity contribution in [2.24, 2.45) is 5.92 Å². The van der Waals surface area contributed by atoms with Crippen LogP contribution in [0.15, 0.2) is 24.3 Å². The molecule has 0 aromatic heterocycles. The van der Waals surface area contributed by atoms with Gasteiger partial charge < -0.3 is 14.8 Å². The molecule has 1 aromatic carbocycles. The van der Waals surface area contributed by atoms with Crippen LogP contribution in [0.3, 0.4) is 0 Å². The average molecular weight is 275 g/mol. The third kappa shape index (κ3) is 3.15. The van der Waals surface area contributed by atoms with Crippen LogP contribution < -0.4 is 10.1 Å². The van der Waals surface area contributed by atoms with E-state index in [0.29, 0.717) is 12.0 Å². The molecule has 3 unspecified atom stereocenters. The molecule has 0 bridgehead atoms. The molecular formula is C17H25NO2. The number of benzene rings is 1. The van der Waals surface area contributed by atoms with Gasteiger partial charge in [0.05, 0.1) is 18.8 Å². The molecule has 3 nitrogen and oxygen atoms in total. The maximum absolute atomic E-state index is 6.12. The minimum Gasteiger partial charge on any atom is -0.491 e. The van der Waals surface area contributed by atoms with E-state index in [2.05, 4.69) is 17.4 Å². The Kier molecular flexibility index (Phi) is 4.27. The lowest BCUT2D eigenvalue weighted by Crippen LogP contribution is -2.32. The lowest BCUT2D eigenvalue weighted by Gasteiger charge is -2.17. The molecule has 0 spiro atoms. The maximum Gasteiger partial charge on any atom is 0.119 e. The first kappa shape index (κ1) is 13.9. The molecule has 0 radical (unpaired) electrons. The first-order valence-corrected chi connectivity index (χ1v) is 7.84. The topological polar surface area (TPSA) is 30.5 Å². The predicted molar refractivity (Wildman–Crippen MR) is 80.0 cm³/mol. The molecule has 0 amide bonds. The predicted octanol–water partition coefficient (Wildman–Crippen LogP) is 3.30. The molecule has 1 N–H and O–H groups in total. The van der Waals surface area contributed by atoms with Crippen LogP contribution in [0.4, 0.5) is 0 Å². The highest BCUT2D eigenvalue weighted by Gasteiger charge is 2.31. The van der Waals surface area contributed by atoms with E-state index in [1.54, 1.807) is 0 Å². The number of hydrogen-bond acceptors (Lipinski definition) is 3. The van der Waals surface area contributed by atoms with Crippen LogP contribution in [-0.2, 0) is 4.74 Å². The van der Waals surface area contributed by atoms with Crippen molar-refractivity contribution in [3.8, 4) is 5.75 Å². The SMILES string of the molecule is CC(C)Oc1ccc(C2CNC3CCCC3CO2)cc1. The van der Waals surface area contributed by atoms with Crippen LogP contribution in [0.25, 0.3) is 0 Å². The lowest BCUT2D eigenvalue weighted by atomic mass is 10.1. The number of fused-ring (bicyclic) bond motifs is 1. The van der Waals surface area contributed by atoms with Gasteiger partial charge in [0.2, 0.25) is 0 Å². The van der Waals surface area contributed by atoms with E-state index in [1.165, 1.54) is 24.8 Å². The summed E-state index contributed by atoms with van der Waals surface area (Å²) in [5, 5.41) is 3.68. The second-order valence-electron chi connectivity index (χ2n) is 6.26. The van der Waals surface area contributed by atoms with Gasteiger partial charge in [0.1, 0.15) is 5.75 Å². The summed E-state index contributed by atoms with van der Waals surface area (Å²) in [6.07, 6.45) is 4.36. The van der Waals surface area contributed by atoms with Crippen molar-refractivity contribution in [2.45, 2.75) is 51.4 Å². The highest BCUT2D eigenvalue weighted by molar-refractivity contribution is 5.29. The van der Waals surface area contributed by atoms with E-state index < -0.39 is 0 Å². The number of hydrogen-bond donors (Lipinski definition) is 1. The van der Waals surface area contributed by atoms with Crippen LogP contribution in [0, 0.1) is 5.92 Å². The average Bonchev–Trinajstić information content (AvgIpc) is 2.78. The summed E-state index contributed by atoms with van der Waals surface area (Å²) in [4.78, 5) is 0. The summed E-state index contributed by atoms with van der Waals surface area (Å²) < 4.78 is 11.8. The van der Waals surface area contributed by atoms with Gasteiger partial charge in [-0.05, 0) is 50.3 Å². The Morgan fingerprint density at radius 1 is 1.20 bits per heavy atom. The fraction of sp³-hybridized carbons (Fsp3) is 0.647. The van der Waals surface area contributed by atoms with E-state index in [4.69, 9.17) is 9.47 Å². The van der Waals surface area contributed by atoms with Gasteiger partial charge >= 0.3 is 0 Å². The summed E-state index contributed by atoms with van der Waals surface area (Å²) in [5.41, 5.74) is 1.24. The van der Waals surface area contributed by atoms with Crippen LogP contribution >= 0.6 is 0 Å². The molecule has 3 rings (SSSR count). The second-order valence-corrected chi connectivity index (χ2v) is 6.26. The van der Waals surface area contributed by atoms with Crippen LogP contribution in [0.2, 0.25) is 0 Å². The van der Waals surface area contributed by atoms with E-state index in [0.717, 1.165) is 18.9 Å². The first-order valence-electron chi connectivity index (χ1n) is 7.84. The Morgan fingerprint density at radius 2 is 2.00 bits per heavy atom. The molecular weight excluding hydrogens is 250 g/mol. The first-order chi connectivity index (χ1) is 9.72. The van der Waals surface area contributed by atoms with Gasteiger partial charge in [-0.15, -0.1) is 0 Å². The van der Waals surface area contributed by atoms with E-state index in [1.807, 2.05) is 26.0 Å². The van der Waals surface area contributed by atoms with Gasteiger partial charge in [-0.2, -0.15) is 0 Å². The molecule has 110 valence electrons. The van der Waals surface area contributed by atoms with Gasteiger partial charge in [-0.3, -0.25) is 0 Å². The minimum atomic E-state index is 0.175. The molecule has 2 aliphatic rings. The maximum atomic E-state index is 6.12. The lowest BCUT2D eigenvalue weighted by molar-refractivity contribution is 0.0473.